The van der Waals surface area contributed by atoms with Gasteiger partial charge in [-0.1, -0.05) is 20.3 Å². The van der Waals surface area contributed by atoms with Crippen LogP contribution in [-0.2, 0) is 0 Å². The van der Waals surface area contributed by atoms with Crippen LogP contribution in [0, 0.1) is 5.92 Å². The summed E-state index contributed by atoms with van der Waals surface area (Å²) in [4.78, 5) is 15.5. The van der Waals surface area contributed by atoms with E-state index in [0.29, 0.717) is 23.0 Å². The zero-order chi connectivity index (χ0) is 13.7. The van der Waals surface area contributed by atoms with Gasteiger partial charge in [-0.05, 0) is 25.3 Å². The van der Waals surface area contributed by atoms with Gasteiger partial charge in [0.05, 0.1) is 17.4 Å². The lowest BCUT2D eigenvalue weighted by Gasteiger charge is -2.19. The third kappa shape index (κ3) is 3.91. The van der Waals surface area contributed by atoms with E-state index in [4.69, 9.17) is 11.5 Å². The number of carbonyl (C=O) groups is 1. The van der Waals surface area contributed by atoms with Gasteiger partial charge in [-0.15, -0.1) is 0 Å². The highest BCUT2D eigenvalue weighted by molar-refractivity contribution is 5.98. The van der Waals surface area contributed by atoms with E-state index in [2.05, 4.69) is 31.1 Å². The predicted octanol–water partition coefficient (Wildman–Crippen LogP) is 2.00. The van der Waals surface area contributed by atoms with E-state index in [9.17, 15) is 4.79 Å². The smallest absolute Gasteiger partial charge is 0.252 e. The number of aromatic nitrogens is 1. The van der Waals surface area contributed by atoms with Gasteiger partial charge < -0.3 is 16.8 Å². The van der Waals surface area contributed by atoms with Gasteiger partial charge in [-0.3, -0.25) is 4.79 Å². The molecule has 0 aromatic carbocycles. The van der Waals surface area contributed by atoms with Crippen LogP contribution in [0.1, 0.15) is 44.0 Å². The first-order chi connectivity index (χ1) is 8.43. The van der Waals surface area contributed by atoms with Crippen LogP contribution in [0.4, 0.5) is 11.5 Å². The van der Waals surface area contributed by atoms with E-state index in [0.717, 1.165) is 12.8 Å². The maximum Gasteiger partial charge on any atom is 0.252 e. The molecule has 1 rings (SSSR count). The molecule has 0 bridgehead atoms. The summed E-state index contributed by atoms with van der Waals surface area (Å²) < 4.78 is 0. The van der Waals surface area contributed by atoms with Crippen molar-refractivity contribution in [1.82, 2.24) is 4.98 Å². The van der Waals surface area contributed by atoms with Crippen LogP contribution in [0.15, 0.2) is 12.3 Å². The number of primary amides is 1. The molecule has 2 unspecified atom stereocenters. The Morgan fingerprint density at radius 2 is 2.17 bits per heavy atom. The zero-order valence-electron chi connectivity index (χ0n) is 11.2. The summed E-state index contributed by atoms with van der Waals surface area (Å²) in [6.45, 7) is 6.42. The summed E-state index contributed by atoms with van der Waals surface area (Å²) in [5.41, 5.74) is 11.7. The van der Waals surface area contributed by atoms with Crippen molar-refractivity contribution in [2.75, 3.05) is 11.1 Å². The van der Waals surface area contributed by atoms with E-state index in [1.807, 2.05) is 0 Å². The van der Waals surface area contributed by atoms with Crippen LogP contribution in [0.2, 0.25) is 0 Å². The molecule has 0 saturated heterocycles. The molecule has 0 aliphatic carbocycles. The Kier molecular flexibility index (Phi) is 4.95. The van der Waals surface area contributed by atoms with Crippen molar-refractivity contribution in [3.05, 3.63) is 17.8 Å². The first-order valence-corrected chi connectivity index (χ1v) is 6.25. The molecular formula is C13H22N4O. The Balaban J connectivity index is 2.80. The summed E-state index contributed by atoms with van der Waals surface area (Å²) in [6, 6.07) is 1.78. The van der Waals surface area contributed by atoms with E-state index < -0.39 is 5.91 Å². The number of rotatable bonds is 6. The number of hydrogen-bond acceptors (Lipinski definition) is 4. The lowest BCUT2D eigenvalue weighted by molar-refractivity contribution is 0.100. The monoisotopic (exact) mass is 250 g/mol. The first-order valence-electron chi connectivity index (χ1n) is 6.25. The standard InChI is InChI=1S/C13H22N4O/c1-4-8(2)5-9(3)17-13-11(12(15)18)6-10(14)7-16-13/h6-9H,4-5,14H2,1-3H3,(H2,15,18)(H,16,17). The Labute approximate surface area is 108 Å². The molecule has 0 radical (unpaired) electrons. The number of hydrogen-bond donors (Lipinski definition) is 3. The van der Waals surface area contributed by atoms with Crippen molar-refractivity contribution in [2.45, 2.75) is 39.7 Å². The molecule has 5 heteroatoms. The lowest BCUT2D eigenvalue weighted by atomic mass is 10.0. The number of nitrogens with two attached hydrogens (primary N) is 2. The van der Waals surface area contributed by atoms with Gasteiger partial charge in [0, 0.05) is 6.04 Å². The fraction of sp³-hybridized carbons (Fsp3) is 0.538. The second-order valence-corrected chi connectivity index (χ2v) is 4.82. The molecular weight excluding hydrogens is 228 g/mol. The summed E-state index contributed by atoms with van der Waals surface area (Å²) >= 11 is 0. The number of anilines is 2. The van der Waals surface area contributed by atoms with Gasteiger partial charge in [0.2, 0.25) is 0 Å². The highest BCUT2D eigenvalue weighted by atomic mass is 16.1. The average Bonchev–Trinajstić information content (AvgIpc) is 2.30. The van der Waals surface area contributed by atoms with Crippen LogP contribution >= 0.6 is 0 Å². The third-order valence-corrected chi connectivity index (χ3v) is 3.01. The summed E-state index contributed by atoms with van der Waals surface area (Å²) in [6.07, 6.45) is 3.66. The van der Waals surface area contributed by atoms with E-state index in [-0.39, 0.29) is 6.04 Å². The first kappa shape index (κ1) is 14.3. The molecule has 0 aliphatic rings. The summed E-state index contributed by atoms with van der Waals surface area (Å²) in [5, 5.41) is 3.22. The maximum absolute atomic E-state index is 11.3. The van der Waals surface area contributed by atoms with Gasteiger partial charge in [-0.2, -0.15) is 0 Å². The van der Waals surface area contributed by atoms with Crippen LogP contribution in [0.25, 0.3) is 0 Å². The molecule has 1 amide bonds. The number of nitrogens with one attached hydrogen (secondary N) is 1. The fourth-order valence-corrected chi connectivity index (χ4v) is 1.85. The molecule has 5 nitrogen and oxygen atoms in total. The van der Waals surface area contributed by atoms with E-state index in [1.165, 1.54) is 6.20 Å². The molecule has 1 aromatic heterocycles. The maximum atomic E-state index is 11.3. The third-order valence-electron chi connectivity index (χ3n) is 3.01. The Bertz CT molecular complexity index is 419. The SMILES string of the molecule is CCC(C)CC(C)Nc1ncc(N)cc1C(N)=O. The molecule has 0 saturated carbocycles. The largest absolute Gasteiger partial charge is 0.397 e. The van der Waals surface area contributed by atoms with Crippen molar-refractivity contribution in [2.24, 2.45) is 11.7 Å². The molecule has 0 aliphatic heterocycles. The average molecular weight is 250 g/mol. The van der Waals surface area contributed by atoms with Crippen LogP contribution < -0.4 is 16.8 Å². The van der Waals surface area contributed by atoms with Gasteiger partial charge in [0.1, 0.15) is 5.82 Å². The van der Waals surface area contributed by atoms with Crippen molar-refractivity contribution < 1.29 is 4.79 Å². The van der Waals surface area contributed by atoms with E-state index in [1.54, 1.807) is 6.07 Å². The predicted molar refractivity (Wildman–Crippen MR) is 74.3 cm³/mol. The minimum Gasteiger partial charge on any atom is -0.397 e. The number of nitrogen functional groups attached to an aromatic ring is 1. The Morgan fingerprint density at radius 1 is 1.50 bits per heavy atom. The fourth-order valence-electron chi connectivity index (χ4n) is 1.85. The summed E-state index contributed by atoms with van der Waals surface area (Å²) in [7, 11) is 0. The zero-order valence-corrected chi connectivity index (χ0v) is 11.2. The highest BCUT2D eigenvalue weighted by Gasteiger charge is 2.13. The van der Waals surface area contributed by atoms with Gasteiger partial charge in [-0.25, -0.2) is 4.98 Å². The topological polar surface area (TPSA) is 94.0 Å². The minimum atomic E-state index is -0.520. The molecule has 5 N–H and O–H groups in total. The highest BCUT2D eigenvalue weighted by Crippen LogP contribution is 2.18. The molecule has 0 spiro atoms. The minimum absolute atomic E-state index is 0.231. The molecule has 18 heavy (non-hydrogen) atoms. The quantitative estimate of drug-likeness (QED) is 0.719. The van der Waals surface area contributed by atoms with Gasteiger partial charge >= 0.3 is 0 Å². The number of nitrogens with zero attached hydrogens (tertiary/aromatic N) is 1. The molecule has 1 heterocycles. The Hall–Kier alpha value is -1.78. The normalized spacial score (nSPS) is 13.9. The lowest BCUT2D eigenvalue weighted by Crippen LogP contribution is -2.22. The van der Waals surface area contributed by atoms with Crippen LogP contribution in [0.3, 0.4) is 0 Å². The van der Waals surface area contributed by atoms with Crippen LogP contribution in [-0.4, -0.2) is 16.9 Å². The summed E-state index contributed by atoms with van der Waals surface area (Å²) in [5.74, 6) is 0.610. The molecule has 2 atom stereocenters. The second kappa shape index (κ2) is 6.23. The molecule has 1 aromatic rings. The van der Waals surface area contributed by atoms with E-state index >= 15 is 0 Å². The van der Waals surface area contributed by atoms with Crippen molar-refractivity contribution in [3.8, 4) is 0 Å². The molecule has 100 valence electrons. The number of carbonyl (C=O) groups excluding carboxylic acids is 1. The Morgan fingerprint density at radius 3 is 2.72 bits per heavy atom. The second-order valence-electron chi connectivity index (χ2n) is 4.82. The van der Waals surface area contributed by atoms with Gasteiger partial charge in [0.25, 0.3) is 5.91 Å². The van der Waals surface area contributed by atoms with Gasteiger partial charge in [0.15, 0.2) is 0 Å². The number of amides is 1. The van der Waals surface area contributed by atoms with Crippen molar-refractivity contribution in [1.29, 1.82) is 0 Å². The van der Waals surface area contributed by atoms with Crippen LogP contribution in [0.5, 0.6) is 0 Å². The van der Waals surface area contributed by atoms with Crippen molar-refractivity contribution in [3.63, 3.8) is 0 Å². The molecule has 0 fully saturated rings. The van der Waals surface area contributed by atoms with Crippen molar-refractivity contribution >= 4 is 17.4 Å². The number of pyridine rings is 1.